The van der Waals surface area contributed by atoms with Crippen molar-refractivity contribution in [3.05, 3.63) is 35.4 Å². The number of aryl methyl sites for hydroxylation is 1. The molecular formula is C19H23N3O4S. The maximum atomic E-state index is 13.0. The Hall–Kier alpha value is -2.22. The van der Waals surface area contributed by atoms with Crippen LogP contribution in [0.5, 0.6) is 0 Å². The van der Waals surface area contributed by atoms with E-state index in [0.717, 1.165) is 12.8 Å². The Kier molecular flexibility index (Phi) is 4.53. The first-order chi connectivity index (χ1) is 12.9. The fourth-order valence-corrected chi connectivity index (χ4v) is 5.95. The number of fused-ring (bicyclic) bond motifs is 1. The summed E-state index contributed by atoms with van der Waals surface area (Å²) < 4.78 is 23.5. The van der Waals surface area contributed by atoms with E-state index in [1.54, 1.807) is 11.9 Å². The monoisotopic (exact) mass is 389 g/mol. The highest BCUT2D eigenvalue weighted by Gasteiger charge is 2.38. The molecule has 1 aromatic carbocycles. The summed E-state index contributed by atoms with van der Waals surface area (Å²) in [5.41, 5.74) is 2.77. The molecule has 1 aromatic rings. The molecule has 0 aromatic heterocycles. The molecule has 0 saturated carbocycles. The van der Waals surface area contributed by atoms with E-state index in [0.29, 0.717) is 18.6 Å². The van der Waals surface area contributed by atoms with Crippen LogP contribution in [0.2, 0.25) is 0 Å². The van der Waals surface area contributed by atoms with Crippen molar-refractivity contribution >= 4 is 27.4 Å². The zero-order valence-electron chi connectivity index (χ0n) is 15.3. The van der Waals surface area contributed by atoms with E-state index in [-0.39, 0.29) is 35.8 Å². The summed E-state index contributed by atoms with van der Waals surface area (Å²) in [5.74, 6) is -0.397. The number of hydrogen-bond acceptors (Lipinski definition) is 5. The van der Waals surface area contributed by atoms with Gasteiger partial charge in [-0.05, 0) is 30.4 Å². The van der Waals surface area contributed by atoms with Crippen LogP contribution in [-0.2, 0) is 25.8 Å². The molecule has 7 nitrogen and oxygen atoms in total. The van der Waals surface area contributed by atoms with Gasteiger partial charge in [0.15, 0.2) is 9.84 Å². The number of hydrogen-bond donors (Lipinski definition) is 0. The number of sulfone groups is 1. The molecule has 2 heterocycles. The van der Waals surface area contributed by atoms with Crippen LogP contribution in [0.1, 0.15) is 42.9 Å². The average Bonchev–Trinajstić information content (AvgIpc) is 3.24. The summed E-state index contributed by atoms with van der Waals surface area (Å²) in [4.78, 5) is 27.0. The van der Waals surface area contributed by atoms with Gasteiger partial charge in [0.2, 0.25) is 5.91 Å². The summed E-state index contributed by atoms with van der Waals surface area (Å²) in [6.45, 7) is 0. The highest BCUT2D eigenvalue weighted by molar-refractivity contribution is 7.91. The third-order valence-electron chi connectivity index (χ3n) is 5.75. The van der Waals surface area contributed by atoms with E-state index >= 15 is 0 Å². The third kappa shape index (κ3) is 3.38. The van der Waals surface area contributed by atoms with Gasteiger partial charge in [-0.25, -0.2) is 13.4 Å². The van der Waals surface area contributed by atoms with Crippen LogP contribution < -0.4 is 0 Å². The molecule has 0 N–H and O–H groups in total. The topological polar surface area (TPSA) is 87.1 Å². The largest absolute Gasteiger partial charge is 0.334 e. The molecule has 2 aliphatic heterocycles. The Labute approximate surface area is 158 Å². The zero-order chi connectivity index (χ0) is 19.2. The van der Waals surface area contributed by atoms with Gasteiger partial charge in [0.25, 0.3) is 5.91 Å². The first kappa shape index (κ1) is 18.2. The van der Waals surface area contributed by atoms with Crippen molar-refractivity contribution in [3.8, 4) is 0 Å². The van der Waals surface area contributed by atoms with Gasteiger partial charge in [0, 0.05) is 19.9 Å². The van der Waals surface area contributed by atoms with Crippen molar-refractivity contribution in [1.82, 2.24) is 9.91 Å². The first-order valence-electron chi connectivity index (χ1n) is 9.30. The molecule has 1 aliphatic carbocycles. The fraction of sp³-hybridized carbons (Fsp3) is 0.526. The summed E-state index contributed by atoms with van der Waals surface area (Å²) in [5, 5.41) is 5.55. The maximum absolute atomic E-state index is 13.0. The summed E-state index contributed by atoms with van der Waals surface area (Å²) in [7, 11) is -1.35. The second kappa shape index (κ2) is 6.74. The lowest BCUT2D eigenvalue weighted by Crippen LogP contribution is -2.44. The SMILES string of the molecule is CN(C(=O)C1=NN(C2CCS(=O)(=O)C2)C(=O)CC1)C1CCc2ccccc21. The molecule has 144 valence electrons. The van der Waals surface area contributed by atoms with Gasteiger partial charge in [0.05, 0.1) is 23.6 Å². The van der Waals surface area contributed by atoms with Gasteiger partial charge in [-0.3, -0.25) is 9.59 Å². The van der Waals surface area contributed by atoms with E-state index in [2.05, 4.69) is 17.2 Å². The fourth-order valence-electron chi connectivity index (χ4n) is 4.26. The lowest BCUT2D eigenvalue weighted by Gasteiger charge is -2.31. The van der Waals surface area contributed by atoms with Gasteiger partial charge < -0.3 is 4.90 Å². The lowest BCUT2D eigenvalue weighted by atomic mass is 10.1. The molecule has 8 heteroatoms. The van der Waals surface area contributed by atoms with Gasteiger partial charge >= 0.3 is 0 Å². The Morgan fingerprint density at radius 2 is 1.96 bits per heavy atom. The molecule has 1 fully saturated rings. The quantitative estimate of drug-likeness (QED) is 0.780. The average molecular weight is 389 g/mol. The number of amides is 2. The van der Waals surface area contributed by atoms with Gasteiger partial charge in [-0.1, -0.05) is 24.3 Å². The van der Waals surface area contributed by atoms with E-state index in [1.807, 2.05) is 12.1 Å². The molecule has 1 saturated heterocycles. The number of nitrogens with zero attached hydrogens (tertiary/aromatic N) is 3. The minimum Gasteiger partial charge on any atom is -0.334 e. The Morgan fingerprint density at radius 3 is 2.70 bits per heavy atom. The van der Waals surface area contributed by atoms with Crippen molar-refractivity contribution in [2.75, 3.05) is 18.6 Å². The van der Waals surface area contributed by atoms with Crippen molar-refractivity contribution < 1.29 is 18.0 Å². The third-order valence-corrected chi connectivity index (χ3v) is 7.50. The number of carbonyl (C=O) groups excluding carboxylic acids is 2. The van der Waals surface area contributed by atoms with E-state index < -0.39 is 15.9 Å². The normalized spacial score (nSPS) is 26.6. The predicted molar refractivity (Wildman–Crippen MR) is 101 cm³/mol. The van der Waals surface area contributed by atoms with Crippen LogP contribution in [0, 0.1) is 0 Å². The van der Waals surface area contributed by atoms with Gasteiger partial charge in [0.1, 0.15) is 5.71 Å². The van der Waals surface area contributed by atoms with Crippen LogP contribution >= 0.6 is 0 Å². The summed E-state index contributed by atoms with van der Waals surface area (Å²) >= 11 is 0. The Balaban J connectivity index is 1.54. The highest BCUT2D eigenvalue weighted by Crippen LogP contribution is 2.35. The number of rotatable bonds is 3. The molecule has 0 bridgehead atoms. The van der Waals surface area contributed by atoms with Crippen molar-refractivity contribution in [3.63, 3.8) is 0 Å². The molecule has 0 radical (unpaired) electrons. The highest BCUT2D eigenvalue weighted by atomic mass is 32.2. The molecule has 4 rings (SSSR count). The molecule has 3 aliphatic rings. The maximum Gasteiger partial charge on any atom is 0.270 e. The minimum absolute atomic E-state index is 0.00864. The number of carbonyl (C=O) groups is 2. The van der Waals surface area contributed by atoms with E-state index in [4.69, 9.17) is 0 Å². The second-order valence-electron chi connectivity index (χ2n) is 7.51. The predicted octanol–water partition coefficient (Wildman–Crippen LogP) is 1.30. The standard InChI is InChI=1S/C19H23N3O4S/c1-21(17-8-6-13-4-2-3-5-15(13)17)19(24)16-7-9-18(23)22(20-16)14-10-11-27(25,26)12-14/h2-5,14,17H,6-12H2,1H3. The van der Waals surface area contributed by atoms with E-state index in [1.165, 1.54) is 16.1 Å². The van der Waals surface area contributed by atoms with Gasteiger partial charge in [-0.15, -0.1) is 0 Å². The van der Waals surface area contributed by atoms with Crippen LogP contribution in [-0.4, -0.2) is 60.4 Å². The lowest BCUT2D eigenvalue weighted by molar-refractivity contribution is -0.134. The number of hydrazone groups is 1. The van der Waals surface area contributed by atoms with Crippen LogP contribution in [0.25, 0.3) is 0 Å². The van der Waals surface area contributed by atoms with Crippen LogP contribution in [0.15, 0.2) is 29.4 Å². The molecule has 2 amide bonds. The Bertz CT molecular complexity index is 925. The smallest absolute Gasteiger partial charge is 0.270 e. The molecule has 0 spiro atoms. The van der Waals surface area contributed by atoms with E-state index in [9.17, 15) is 18.0 Å². The van der Waals surface area contributed by atoms with Crippen LogP contribution in [0.3, 0.4) is 0 Å². The van der Waals surface area contributed by atoms with Gasteiger partial charge in [-0.2, -0.15) is 5.10 Å². The van der Waals surface area contributed by atoms with Crippen molar-refractivity contribution in [2.24, 2.45) is 5.10 Å². The Morgan fingerprint density at radius 1 is 1.19 bits per heavy atom. The van der Waals surface area contributed by atoms with Crippen molar-refractivity contribution in [1.29, 1.82) is 0 Å². The molecule has 27 heavy (non-hydrogen) atoms. The number of benzene rings is 1. The summed E-state index contributed by atoms with van der Waals surface area (Å²) in [6, 6.07) is 7.69. The molecular weight excluding hydrogens is 366 g/mol. The first-order valence-corrected chi connectivity index (χ1v) is 11.1. The second-order valence-corrected chi connectivity index (χ2v) is 9.74. The molecule has 2 atom stereocenters. The minimum atomic E-state index is -3.13. The molecule has 2 unspecified atom stereocenters. The van der Waals surface area contributed by atoms with Crippen LogP contribution in [0.4, 0.5) is 0 Å². The van der Waals surface area contributed by atoms with Crippen molar-refractivity contribution in [2.45, 2.75) is 44.2 Å². The zero-order valence-corrected chi connectivity index (χ0v) is 16.1. The summed E-state index contributed by atoms with van der Waals surface area (Å²) in [6.07, 6.45) is 2.68.